The van der Waals surface area contributed by atoms with Gasteiger partial charge in [0.15, 0.2) is 0 Å². The molecular weight excluding hydrogens is 186 g/mol. The number of hydrogen-bond donors (Lipinski definition) is 2. The second-order valence-corrected chi connectivity index (χ2v) is 5.22. The van der Waals surface area contributed by atoms with E-state index in [1.165, 1.54) is 31.3 Å². The van der Waals surface area contributed by atoms with Crippen LogP contribution in [-0.4, -0.2) is 16.7 Å². The van der Waals surface area contributed by atoms with Crippen LogP contribution < -0.4 is 5.73 Å². The van der Waals surface area contributed by atoms with Gasteiger partial charge in [-0.15, -0.1) is 0 Å². The highest BCUT2D eigenvalue weighted by Crippen LogP contribution is 2.38. The first-order valence-electron chi connectivity index (χ1n) is 6.38. The van der Waals surface area contributed by atoms with Crippen LogP contribution in [-0.2, 0) is 0 Å². The second kappa shape index (κ2) is 4.67. The first-order valence-corrected chi connectivity index (χ1v) is 6.38. The molecular formula is C13H23NO. The van der Waals surface area contributed by atoms with Gasteiger partial charge in [-0.2, -0.15) is 0 Å². The third-order valence-electron chi connectivity index (χ3n) is 3.92. The molecule has 0 aliphatic heterocycles. The smallest absolute Gasteiger partial charge is 0.0872 e. The van der Waals surface area contributed by atoms with Crippen molar-refractivity contribution < 1.29 is 5.11 Å². The normalized spacial score (nSPS) is 38.3. The predicted octanol–water partition coefficient (Wildman–Crippen LogP) is 2.51. The first kappa shape index (κ1) is 11.2. The maximum Gasteiger partial charge on any atom is 0.0872 e. The van der Waals surface area contributed by atoms with Crippen molar-refractivity contribution in [3.63, 3.8) is 0 Å². The summed E-state index contributed by atoms with van der Waals surface area (Å²) in [5.74, 6) is 0. The van der Waals surface area contributed by atoms with Gasteiger partial charge in [-0.3, -0.25) is 0 Å². The van der Waals surface area contributed by atoms with Crippen LogP contribution >= 0.6 is 0 Å². The van der Waals surface area contributed by atoms with E-state index in [0.717, 1.165) is 32.1 Å². The molecule has 2 aliphatic rings. The topological polar surface area (TPSA) is 46.2 Å². The van der Waals surface area contributed by atoms with E-state index in [2.05, 4.69) is 6.08 Å². The van der Waals surface area contributed by atoms with Crippen LogP contribution in [0.5, 0.6) is 0 Å². The fraction of sp³-hybridized carbons (Fsp3) is 0.846. The zero-order chi connectivity index (χ0) is 10.7. The highest BCUT2D eigenvalue weighted by molar-refractivity contribution is 5.20. The maximum absolute atomic E-state index is 10.6. The molecule has 0 bridgehead atoms. The van der Waals surface area contributed by atoms with E-state index in [0.29, 0.717) is 0 Å². The van der Waals surface area contributed by atoms with Crippen molar-refractivity contribution in [3.8, 4) is 0 Å². The van der Waals surface area contributed by atoms with Crippen molar-refractivity contribution in [2.45, 2.75) is 69.4 Å². The second-order valence-electron chi connectivity index (χ2n) is 5.22. The van der Waals surface area contributed by atoms with Gasteiger partial charge >= 0.3 is 0 Å². The van der Waals surface area contributed by atoms with Crippen molar-refractivity contribution >= 4 is 0 Å². The van der Waals surface area contributed by atoms with Gasteiger partial charge in [-0.25, -0.2) is 0 Å². The third kappa shape index (κ3) is 2.61. The zero-order valence-electron chi connectivity index (χ0n) is 9.54. The molecule has 2 nitrogen and oxygen atoms in total. The standard InChI is InChI=1S/C13H23NO/c14-12-8-9-13(15,10-12)11-6-4-2-1-3-5-7-11/h6,12,15H,1-5,7-10,14H2. The highest BCUT2D eigenvalue weighted by atomic mass is 16.3. The van der Waals surface area contributed by atoms with E-state index >= 15 is 0 Å². The molecule has 0 aromatic heterocycles. The fourth-order valence-corrected chi connectivity index (χ4v) is 2.97. The number of allylic oxidation sites excluding steroid dienone is 1. The van der Waals surface area contributed by atoms with Crippen molar-refractivity contribution in [1.29, 1.82) is 0 Å². The fourth-order valence-electron chi connectivity index (χ4n) is 2.97. The van der Waals surface area contributed by atoms with Gasteiger partial charge < -0.3 is 10.8 Å². The molecule has 1 saturated carbocycles. The zero-order valence-corrected chi connectivity index (χ0v) is 9.54. The SMILES string of the molecule is NC1CCC(O)(C2=CCCCCCC2)C1. The minimum absolute atomic E-state index is 0.210. The minimum atomic E-state index is -0.545. The van der Waals surface area contributed by atoms with E-state index < -0.39 is 5.60 Å². The summed E-state index contributed by atoms with van der Waals surface area (Å²) >= 11 is 0. The summed E-state index contributed by atoms with van der Waals surface area (Å²) in [6.45, 7) is 0. The Kier molecular flexibility index (Phi) is 3.47. The van der Waals surface area contributed by atoms with E-state index in [9.17, 15) is 5.11 Å². The Hall–Kier alpha value is -0.340. The van der Waals surface area contributed by atoms with Crippen molar-refractivity contribution in [3.05, 3.63) is 11.6 Å². The Bertz CT molecular complexity index is 249. The van der Waals surface area contributed by atoms with Crippen LogP contribution in [0.3, 0.4) is 0 Å². The Morgan fingerprint density at radius 2 is 2.07 bits per heavy atom. The van der Waals surface area contributed by atoms with Gasteiger partial charge in [0.2, 0.25) is 0 Å². The van der Waals surface area contributed by atoms with Gasteiger partial charge in [0, 0.05) is 6.04 Å². The first-order chi connectivity index (χ1) is 7.21. The third-order valence-corrected chi connectivity index (χ3v) is 3.92. The molecule has 0 aromatic carbocycles. The summed E-state index contributed by atoms with van der Waals surface area (Å²) in [5.41, 5.74) is 6.64. The van der Waals surface area contributed by atoms with Crippen molar-refractivity contribution in [2.24, 2.45) is 5.73 Å². The maximum atomic E-state index is 10.6. The number of aliphatic hydroxyl groups is 1. The molecule has 86 valence electrons. The van der Waals surface area contributed by atoms with Gasteiger partial charge in [0.25, 0.3) is 0 Å². The van der Waals surface area contributed by atoms with E-state index in [1.54, 1.807) is 0 Å². The molecule has 2 unspecified atom stereocenters. The summed E-state index contributed by atoms with van der Waals surface area (Å²) in [4.78, 5) is 0. The largest absolute Gasteiger partial charge is 0.385 e. The van der Waals surface area contributed by atoms with Crippen LogP contribution in [0.25, 0.3) is 0 Å². The van der Waals surface area contributed by atoms with Gasteiger partial charge in [0.05, 0.1) is 5.60 Å². The molecule has 3 N–H and O–H groups in total. The van der Waals surface area contributed by atoms with Crippen molar-refractivity contribution in [2.75, 3.05) is 0 Å². The molecule has 0 saturated heterocycles. The molecule has 0 amide bonds. The average molecular weight is 209 g/mol. The molecule has 2 atom stereocenters. The highest BCUT2D eigenvalue weighted by Gasteiger charge is 2.38. The average Bonchev–Trinajstić information content (AvgIpc) is 2.46. The molecule has 1 fully saturated rings. The van der Waals surface area contributed by atoms with E-state index in [1.807, 2.05) is 0 Å². The molecule has 0 spiro atoms. The lowest BCUT2D eigenvalue weighted by atomic mass is 9.85. The summed E-state index contributed by atoms with van der Waals surface area (Å²) in [6.07, 6.45) is 12.3. The summed E-state index contributed by atoms with van der Waals surface area (Å²) in [6, 6.07) is 0.210. The van der Waals surface area contributed by atoms with E-state index in [-0.39, 0.29) is 6.04 Å². The number of nitrogens with two attached hydrogens (primary N) is 1. The van der Waals surface area contributed by atoms with Gasteiger partial charge in [-0.1, -0.05) is 18.9 Å². The van der Waals surface area contributed by atoms with Crippen LogP contribution in [0.1, 0.15) is 57.8 Å². The molecule has 0 heterocycles. The Balaban J connectivity index is 2.06. The van der Waals surface area contributed by atoms with Crippen LogP contribution in [0.15, 0.2) is 11.6 Å². The summed E-state index contributed by atoms with van der Waals surface area (Å²) in [7, 11) is 0. The molecule has 0 radical (unpaired) electrons. The number of rotatable bonds is 1. The predicted molar refractivity (Wildman–Crippen MR) is 62.6 cm³/mol. The lowest BCUT2D eigenvalue weighted by molar-refractivity contribution is 0.0800. The van der Waals surface area contributed by atoms with Crippen LogP contribution in [0.2, 0.25) is 0 Å². The van der Waals surface area contributed by atoms with Gasteiger partial charge in [-0.05, 0) is 50.5 Å². The van der Waals surface area contributed by atoms with Crippen molar-refractivity contribution in [1.82, 2.24) is 0 Å². The van der Waals surface area contributed by atoms with Crippen LogP contribution in [0, 0.1) is 0 Å². The van der Waals surface area contributed by atoms with Crippen LogP contribution in [0.4, 0.5) is 0 Å². The van der Waals surface area contributed by atoms with Gasteiger partial charge in [0.1, 0.15) is 0 Å². The molecule has 2 rings (SSSR count). The Morgan fingerprint density at radius 3 is 2.80 bits per heavy atom. The number of hydrogen-bond acceptors (Lipinski definition) is 2. The lowest BCUT2D eigenvalue weighted by Gasteiger charge is -2.27. The Labute approximate surface area is 92.6 Å². The monoisotopic (exact) mass is 209 g/mol. The molecule has 0 aromatic rings. The summed E-state index contributed by atoms with van der Waals surface area (Å²) < 4.78 is 0. The quantitative estimate of drug-likeness (QED) is 0.652. The lowest BCUT2D eigenvalue weighted by Crippen LogP contribution is -2.30. The Morgan fingerprint density at radius 1 is 1.27 bits per heavy atom. The molecule has 2 aliphatic carbocycles. The molecule has 15 heavy (non-hydrogen) atoms. The molecule has 2 heteroatoms. The van der Waals surface area contributed by atoms with E-state index in [4.69, 9.17) is 5.73 Å². The summed E-state index contributed by atoms with van der Waals surface area (Å²) in [5, 5.41) is 10.6. The minimum Gasteiger partial charge on any atom is -0.385 e.